The molecule has 2 N–H and O–H groups in total. The molecule has 2 aliphatic heterocycles. The van der Waals surface area contributed by atoms with E-state index in [4.69, 9.17) is 4.74 Å². The number of rotatable bonds is 3. The van der Waals surface area contributed by atoms with Gasteiger partial charge in [0.25, 0.3) is 5.91 Å². The second-order valence-corrected chi connectivity index (χ2v) is 6.38. The largest absolute Gasteiger partial charge is 0.376 e. The van der Waals surface area contributed by atoms with E-state index in [1.165, 1.54) is 24.9 Å². The van der Waals surface area contributed by atoms with Gasteiger partial charge in [-0.15, -0.1) is 0 Å². The number of benzene rings is 1. The Morgan fingerprint density at radius 3 is 2.75 bits per heavy atom. The predicted octanol–water partition coefficient (Wildman–Crippen LogP) is 2.73. The van der Waals surface area contributed by atoms with Crippen molar-refractivity contribution in [2.24, 2.45) is 0 Å². The molecule has 1 fully saturated rings. The number of piperidine rings is 1. The van der Waals surface area contributed by atoms with Crippen LogP contribution in [-0.2, 0) is 17.8 Å². The molecule has 24 heavy (non-hydrogen) atoms. The Balaban J connectivity index is 1.45. The summed E-state index contributed by atoms with van der Waals surface area (Å²) in [4.78, 5) is 14.9. The number of carbonyl (C=O) groups excluding carboxylic acids is 1. The molecule has 2 aromatic rings. The first-order valence-electron chi connectivity index (χ1n) is 8.61. The maximum absolute atomic E-state index is 12.5. The van der Waals surface area contributed by atoms with Crippen LogP contribution in [0.1, 0.15) is 41.0 Å². The summed E-state index contributed by atoms with van der Waals surface area (Å²) in [5.74, 6) is -0.191. The zero-order chi connectivity index (χ0) is 16.4. The summed E-state index contributed by atoms with van der Waals surface area (Å²) in [5.41, 5.74) is 4.33. The number of aromatic nitrogens is 2. The molecular weight excluding hydrogens is 304 g/mol. The van der Waals surface area contributed by atoms with Crippen molar-refractivity contribution in [3.8, 4) is 0 Å². The van der Waals surface area contributed by atoms with Crippen LogP contribution in [0.3, 0.4) is 0 Å². The summed E-state index contributed by atoms with van der Waals surface area (Å²) in [7, 11) is 0. The van der Waals surface area contributed by atoms with E-state index in [0.29, 0.717) is 18.9 Å². The smallest absolute Gasteiger partial charge is 0.276 e. The summed E-state index contributed by atoms with van der Waals surface area (Å²) in [6.07, 6.45) is 4.61. The number of anilines is 2. The molecule has 1 saturated heterocycles. The van der Waals surface area contributed by atoms with Crippen molar-refractivity contribution >= 4 is 17.3 Å². The summed E-state index contributed by atoms with van der Waals surface area (Å²) in [6.45, 7) is 3.35. The molecule has 0 aliphatic carbocycles. The second-order valence-electron chi connectivity index (χ2n) is 6.38. The van der Waals surface area contributed by atoms with Crippen LogP contribution in [0.25, 0.3) is 0 Å². The molecule has 2 aliphatic rings. The van der Waals surface area contributed by atoms with Gasteiger partial charge in [-0.25, -0.2) is 0 Å². The highest BCUT2D eigenvalue weighted by molar-refractivity contribution is 6.04. The quantitative estimate of drug-likeness (QED) is 0.910. The topological polar surface area (TPSA) is 70.2 Å². The average molecular weight is 326 g/mol. The highest BCUT2D eigenvalue weighted by atomic mass is 16.5. The van der Waals surface area contributed by atoms with Crippen LogP contribution < -0.4 is 10.2 Å². The van der Waals surface area contributed by atoms with Crippen LogP contribution in [-0.4, -0.2) is 35.8 Å². The molecule has 0 atom stereocenters. The minimum Gasteiger partial charge on any atom is -0.376 e. The fourth-order valence-corrected chi connectivity index (χ4v) is 3.40. The third-order valence-corrected chi connectivity index (χ3v) is 4.76. The number of ether oxygens (including phenoxy) is 1. The van der Waals surface area contributed by atoms with Gasteiger partial charge < -0.3 is 15.0 Å². The van der Waals surface area contributed by atoms with Gasteiger partial charge in [-0.3, -0.25) is 9.89 Å². The predicted molar refractivity (Wildman–Crippen MR) is 92.4 cm³/mol. The number of nitrogens with one attached hydrogen (secondary N) is 2. The molecule has 6 nitrogen and oxygen atoms in total. The van der Waals surface area contributed by atoms with Crippen molar-refractivity contribution in [3.63, 3.8) is 0 Å². The molecule has 126 valence electrons. The van der Waals surface area contributed by atoms with E-state index in [9.17, 15) is 4.79 Å². The number of hydrogen-bond donors (Lipinski definition) is 2. The zero-order valence-corrected chi connectivity index (χ0v) is 13.7. The number of carbonyl (C=O) groups is 1. The molecule has 1 aromatic heterocycles. The van der Waals surface area contributed by atoms with Gasteiger partial charge in [-0.1, -0.05) is 0 Å². The number of amides is 1. The fourth-order valence-electron chi connectivity index (χ4n) is 3.40. The van der Waals surface area contributed by atoms with Gasteiger partial charge in [0.1, 0.15) is 0 Å². The van der Waals surface area contributed by atoms with E-state index in [-0.39, 0.29) is 5.91 Å². The normalized spacial score (nSPS) is 17.4. The highest BCUT2D eigenvalue weighted by Crippen LogP contribution is 2.23. The lowest BCUT2D eigenvalue weighted by Crippen LogP contribution is -2.29. The number of nitrogens with zero attached hydrogens (tertiary/aromatic N) is 2. The Bertz CT molecular complexity index is 717. The Hall–Kier alpha value is -2.34. The molecule has 0 radical (unpaired) electrons. The molecule has 4 rings (SSSR count). The Morgan fingerprint density at radius 1 is 1.17 bits per heavy atom. The van der Waals surface area contributed by atoms with E-state index in [1.807, 2.05) is 12.1 Å². The van der Waals surface area contributed by atoms with Gasteiger partial charge in [0.05, 0.1) is 13.2 Å². The van der Waals surface area contributed by atoms with Crippen molar-refractivity contribution < 1.29 is 9.53 Å². The highest BCUT2D eigenvalue weighted by Gasteiger charge is 2.22. The van der Waals surface area contributed by atoms with E-state index in [0.717, 1.165) is 36.5 Å². The number of hydrogen-bond acceptors (Lipinski definition) is 4. The van der Waals surface area contributed by atoms with Gasteiger partial charge in [0, 0.05) is 42.1 Å². The summed E-state index contributed by atoms with van der Waals surface area (Å²) < 4.78 is 5.43. The maximum atomic E-state index is 12.5. The van der Waals surface area contributed by atoms with Gasteiger partial charge in [-0.05, 0) is 43.5 Å². The van der Waals surface area contributed by atoms with Crippen LogP contribution in [0.15, 0.2) is 24.3 Å². The first kappa shape index (κ1) is 15.2. The molecule has 6 heteroatoms. The molecule has 3 heterocycles. The fraction of sp³-hybridized carbons (Fsp3) is 0.444. The lowest BCUT2D eigenvalue weighted by molar-refractivity contribution is 0.0985. The second kappa shape index (κ2) is 6.65. The Labute approximate surface area is 141 Å². The average Bonchev–Trinajstić information content (AvgIpc) is 3.07. The van der Waals surface area contributed by atoms with Crippen molar-refractivity contribution in [2.45, 2.75) is 32.3 Å². The Kier molecular flexibility index (Phi) is 4.21. The van der Waals surface area contributed by atoms with Gasteiger partial charge in [0.15, 0.2) is 5.69 Å². The lowest BCUT2D eigenvalue weighted by atomic mass is 10.1. The SMILES string of the molecule is O=C(Nc1ccc(N2CCCCC2)cc1)c1n[nH]c2c1COCC2. The molecule has 0 bridgehead atoms. The van der Waals surface area contributed by atoms with Crippen molar-refractivity contribution in [2.75, 3.05) is 29.9 Å². The summed E-state index contributed by atoms with van der Waals surface area (Å²) in [6, 6.07) is 8.06. The first-order chi connectivity index (χ1) is 11.8. The standard InChI is InChI=1S/C18H22N4O2/c23-18(17-15-12-24-11-8-16(15)20-21-17)19-13-4-6-14(7-5-13)22-9-2-1-3-10-22/h4-7H,1-3,8-12H2,(H,19,23)(H,20,21). The van der Waals surface area contributed by atoms with Crippen LogP contribution in [0.2, 0.25) is 0 Å². The van der Waals surface area contributed by atoms with E-state index in [1.54, 1.807) is 0 Å². The number of aromatic amines is 1. The van der Waals surface area contributed by atoms with Crippen molar-refractivity contribution in [1.29, 1.82) is 0 Å². The lowest BCUT2D eigenvalue weighted by Gasteiger charge is -2.28. The van der Waals surface area contributed by atoms with Crippen LogP contribution in [0, 0.1) is 0 Å². The third-order valence-electron chi connectivity index (χ3n) is 4.76. The summed E-state index contributed by atoms with van der Waals surface area (Å²) >= 11 is 0. The molecule has 1 aromatic carbocycles. The van der Waals surface area contributed by atoms with Crippen molar-refractivity contribution in [3.05, 3.63) is 41.2 Å². The number of H-pyrrole nitrogens is 1. The van der Waals surface area contributed by atoms with E-state index in [2.05, 4.69) is 32.5 Å². The number of fused-ring (bicyclic) bond motifs is 1. The zero-order valence-electron chi connectivity index (χ0n) is 13.7. The molecule has 0 unspecified atom stereocenters. The van der Waals surface area contributed by atoms with Gasteiger partial charge in [-0.2, -0.15) is 5.10 Å². The van der Waals surface area contributed by atoms with Gasteiger partial charge in [0.2, 0.25) is 0 Å². The Morgan fingerprint density at radius 2 is 1.96 bits per heavy atom. The maximum Gasteiger partial charge on any atom is 0.276 e. The monoisotopic (exact) mass is 326 g/mol. The molecule has 0 spiro atoms. The molecule has 1 amide bonds. The minimum atomic E-state index is -0.191. The molecule has 0 saturated carbocycles. The third kappa shape index (κ3) is 3.01. The molecular formula is C18H22N4O2. The van der Waals surface area contributed by atoms with E-state index < -0.39 is 0 Å². The van der Waals surface area contributed by atoms with Crippen LogP contribution in [0.4, 0.5) is 11.4 Å². The van der Waals surface area contributed by atoms with E-state index >= 15 is 0 Å². The summed E-state index contributed by atoms with van der Waals surface area (Å²) in [5, 5.41) is 10.0. The van der Waals surface area contributed by atoms with Crippen LogP contribution in [0.5, 0.6) is 0 Å². The first-order valence-corrected chi connectivity index (χ1v) is 8.61. The van der Waals surface area contributed by atoms with Crippen molar-refractivity contribution in [1.82, 2.24) is 10.2 Å². The van der Waals surface area contributed by atoms with Crippen LogP contribution >= 0.6 is 0 Å². The minimum absolute atomic E-state index is 0.191. The van der Waals surface area contributed by atoms with Gasteiger partial charge >= 0.3 is 0 Å².